The summed E-state index contributed by atoms with van der Waals surface area (Å²) in [5.74, 6) is 1.58. The molecule has 0 amide bonds. The van der Waals surface area contributed by atoms with E-state index in [0.717, 1.165) is 24.9 Å². The fourth-order valence-electron chi connectivity index (χ4n) is 2.49. The molecule has 2 N–H and O–H groups in total. The van der Waals surface area contributed by atoms with Gasteiger partial charge in [-0.2, -0.15) is 0 Å². The first kappa shape index (κ1) is 14.4. The number of rotatable bonds is 7. The quantitative estimate of drug-likeness (QED) is 0.821. The van der Waals surface area contributed by atoms with Crippen LogP contribution in [0.5, 0.6) is 5.75 Å². The van der Waals surface area contributed by atoms with E-state index in [2.05, 4.69) is 30.9 Å². The van der Waals surface area contributed by atoms with Gasteiger partial charge in [0.1, 0.15) is 5.75 Å². The van der Waals surface area contributed by atoms with Crippen LogP contribution in [0.2, 0.25) is 0 Å². The number of ether oxygens (including phenoxy) is 1. The lowest BCUT2D eigenvalue weighted by Crippen LogP contribution is -2.36. The van der Waals surface area contributed by atoms with Crippen molar-refractivity contribution in [1.82, 2.24) is 4.90 Å². The van der Waals surface area contributed by atoms with Crippen LogP contribution in [-0.4, -0.2) is 31.1 Å². The van der Waals surface area contributed by atoms with E-state index >= 15 is 0 Å². The van der Waals surface area contributed by atoms with Crippen molar-refractivity contribution in [3.05, 3.63) is 29.8 Å². The van der Waals surface area contributed by atoms with E-state index in [1.54, 1.807) is 7.11 Å². The molecule has 0 heterocycles. The molecule has 106 valence electrons. The van der Waals surface area contributed by atoms with E-state index < -0.39 is 0 Å². The lowest BCUT2D eigenvalue weighted by Gasteiger charge is -2.27. The second-order valence-corrected chi connectivity index (χ2v) is 5.96. The van der Waals surface area contributed by atoms with Gasteiger partial charge in [-0.3, -0.25) is 4.90 Å². The van der Waals surface area contributed by atoms with E-state index in [4.69, 9.17) is 10.5 Å². The van der Waals surface area contributed by atoms with Gasteiger partial charge in [0.2, 0.25) is 0 Å². The van der Waals surface area contributed by atoms with Crippen LogP contribution in [0.1, 0.15) is 38.3 Å². The molecule has 0 radical (unpaired) electrons. The molecule has 1 aliphatic carbocycles. The van der Waals surface area contributed by atoms with Crippen LogP contribution in [0.15, 0.2) is 24.3 Å². The van der Waals surface area contributed by atoms with Crippen LogP contribution in [0, 0.1) is 5.92 Å². The van der Waals surface area contributed by atoms with E-state index in [0.29, 0.717) is 5.92 Å². The number of nitrogens with two attached hydrogens (primary N) is 1. The molecule has 1 aromatic carbocycles. The summed E-state index contributed by atoms with van der Waals surface area (Å²) >= 11 is 0. The molecule has 1 saturated carbocycles. The maximum Gasteiger partial charge on any atom is 0.118 e. The Morgan fingerprint density at radius 2 is 1.84 bits per heavy atom. The number of hydrogen-bond donors (Lipinski definition) is 1. The van der Waals surface area contributed by atoms with E-state index in [-0.39, 0.29) is 6.04 Å². The lowest BCUT2D eigenvalue weighted by molar-refractivity contribution is 0.221. The molecule has 0 aromatic heterocycles. The molecular weight excluding hydrogens is 236 g/mol. The van der Waals surface area contributed by atoms with Gasteiger partial charge in [-0.05, 0) is 36.5 Å². The summed E-state index contributed by atoms with van der Waals surface area (Å²) in [6.07, 6.45) is 2.67. The van der Waals surface area contributed by atoms with Gasteiger partial charge in [0.25, 0.3) is 0 Å². The molecule has 0 spiro atoms. The van der Waals surface area contributed by atoms with Crippen molar-refractivity contribution in [1.29, 1.82) is 0 Å². The first-order valence-electron chi connectivity index (χ1n) is 7.23. The van der Waals surface area contributed by atoms with Gasteiger partial charge in [-0.15, -0.1) is 0 Å². The van der Waals surface area contributed by atoms with Gasteiger partial charge < -0.3 is 10.5 Å². The summed E-state index contributed by atoms with van der Waals surface area (Å²) in [6.45, 7) is 6.65. The van der Waals surface area contributed by atoms with Crippen molar-refractivity contribution in [2.24, 2.45) is 11.7 Å². The normalized spacial score (nSPS) is 16.9. The van der Waals surface area contributed by atoms with Crippen LogP contribution >= 0.6 is 0 Å². The van der Waals surface area contributed by atoms with Crippen molar-refractivity contribution in [3.8, 4) is 5.75 Å². The average Bonchev–Trinajstić information content (AvgIpc) is 3.21. The fraction of sp³-hybridized carbons (Fsp3) is 0.625. The molecule has 1 fully saturated rings. The number of benzene rings is 1. The van der Waals surface area contributed by atoms with Crippen molar-refractivity contribution in [3.63, 3.8) is 0 Å². The topological polar surface area (TPSA) is 38.5 Å². The van der Waals surface area contributed by atoms with Gasteiger partial charge in [-0.25, -0.2) is 0 Å². The minimum Gasteiger partial charge on any atom is -0.497 e. The maximum atomic E-state index is 6.35. The van der Waals surface area contributed by atoms with Gasteiger partial charge in [0.15, 0.2) is 0 Å². The van der Waals surface area contributed by atoms with E-state index in [1.165, 1.54) is 18.4 Å². The lowest BCUT2D eigenvalue weighted by atomic mass is 10.1. The van der Waals surface area contributed by atoms with Crippen molar-refractivity contribution < 1.29 is 4.74 Å². The van der Waals surface area contributed by atoms with Gasteiger partial charge in [0.05, 0.1) is 7.11 Å². The zero-order valence-corrected chi connectivity index (χ0v) is 12.3. The predicted molar refractivity (Wildman–Crippen MR) is 79.4 cm³/mol. The molecule has 1 unspecified atom stereocenters. The highest BCUT2D eigenvalue weighted by molar-refractivity contribution is 5.29. The Labute approximate surface area is 116 Å². The second kappa shape index (κ2) is 6.40. The SMILES string of the molecule is COc1ccc(C(N)CN(CC(C)C)C2CC2)cc1. The molecule has 1 atom stereocenters. The molecule has 3 heteroatoms. The molecule has 2 rings (SSSR count). The predicted octanol–water partition coefficient (Wildman–Crippen LogP) is 2.82. The zero-order chi connectivity index (χ0) is 13.8. The third kappa shape index (κ3) is 4.22. The Bertz CT molecular complexity index is 384. The zero-order valence-electron chi connectivity index (χ0n) is 12.3. The van der Waals surface area contributed by atoms with E-state index in [1.807, 2.05) is 12.1 Å². The van der Waals surface area contributed by atoms with Gasteiger partial charge >= 0.3 is 0 Å². The summed E-state index contributed by atoms with van der Waals surface area (Å²) in [5.41, 5.74) is 7.54. The molecule has 19 heavy (non-hydrogen) atoms. The van der Waals surface area contributed by atoms with E-state index in [9.17, 15) is 0 Å². The fourth-order valence-corrected chi connectivity index (χ4v) is 2.49. The molecule has 3 nitrogen and oxygen atoms in total. The second-order valence-electron chi connectivity index (χ2n) is 5.96. The molecular formula is C16H26N2O. The number of nitrogens with zero attached hydrogens (tertiary/aromatic N) is 1. The number of hydrogen-bond acceptors (Lipinski definition) is 3. The molecule has 0 aliphatic heterocycles. The standard InChI is InChI=1S/C16H26N2O/c1-12(2)10-18(14-6-7-14)11-16(17)13-4-8-15(19-3)9-5-13/h4-5,8-9,12,14,16H,6-7,10-11,17H2,1-3H3. The summed E-state index contributed by atoms with van der Waals surface area (Å²) in [4.78, 5) is 2.56. The Morgan fingerprint density at radius 3 is 2.32 bits per heavy atom. The summed E-state index contributed by atoms with van der Waals surface area (Å²) in [6, 6.07) is 8.98. The molecule has 0 bridgehead atoms. The minimum atomic E-state index is 0.0882. The molecule has 0 saturated heterocycles. The monoisotopic (exact) mass is 262 g/mol. The molecule has 1 aromatic rings. The largest absolute Gasteiger partial charge is 0.497 e. The van der Waals surface area contributed by atoms with Crippen molar-refractivity contribution in [2.75, 3.05) is 20.2 Å². The highest BCUT2D eigenvalue weighted by Crippen LogP contribution is 2.29. The maximum absolute atomic E-state index is 6.35. The smallest absolute Gasteiger partial charge is 0.118 e. The first-order valence-corrected chi connectivity index (χ1v) is 7.23. The van der Waals surface area contributed by atoms with Crippen LogP contribution in [0.25, 0.3) is 0 Å². The Hall–Kier alpha value is -1.06. The Balaban J connectivity index is 1.95. The summed E-state index contributed by atoms with van der Waals surface area (Å²) < 4.78 is 5.18. The summed E-state index contributed by atoms with van der Waals surface area (Å²) in [7, 11) is 1.69. The average molecular weight is 262 g/mol. The highest BCUT2D eigenvalue weighted by atomic mass is 16.5. The van der Waals surface area contributed by atoms with Crippen molar-refractivity contribution in [2.45, 2.75) is 38.8 Å². The Kier molecular flexibility index (Phi) is 4.83. The summed E-state index contributed by atoms with van der Waals surface area (Å²) in [5, 5.41) is 0. The molecule has 1 aliphatic rings. The van der Waals surface area contributed by atoms with Gasteiger partial charge in [-0.1, -0.05) is 26.0 Å². The van der Waals surface area contributed by atoms with Crippen LogP contribution in [0.3, 0.4) is 0 Å². The van der Waals surface area contributed by atoms with Crippen molar-refractivity contribution >= 4 is 0 Å². The van der Waals surface area contributed by atoms with Crippen LogP contribution in [-0.2, 0) is 0 Å². The van der Waals surface area contributed by atoms with Gasteiger partial charge in [0, 0.05) is 25.2 Å². The van der Waals surface area contributed by atoms with Crippen LogP contribution < -0.4 is 10.5 Å². The van der Waals surface area contributed by atoms with Crippen LogP contribution in [0.4, 0.5) is 0 Å². The Morgan fingerprint density at radius 1 is 1.21 bits per heavy atom. The highest BCUT2D eigenvalue weighted by Gasteiger charge is 2.30. The minimum absolute atomic E-state index is 0.0882. The third-order valence-electron chi connectivity index (χ3n) is 3.64. The first-order chi connectivity index (χ1) is 9.10. The number of methoxy groups -OCH3 is 1. The third-order valence-corrected chi connectivity index (χ3v) is 3.64.